The van der Waals surface area contributed by atoms with Crippen molar-refractivity contribution in [3.63, 3.8) is 0 Å². The van der Waals surface area contributed by atoms with Crippen molar-refractivity contribution < 1.29 is 31.5 Å². The van der Waals surface area contributed by atoms with Gasteiger partial charge >= 0.3 is 12.1 Å². The van der Waals surface area contributed by atoms with E-state index in [1.807, 2.05) is 30.3 Å². The van der Waals surface area contributed by atoms with Gasteiger partial charge < -0.3 is 10.0 Å². The highest BCUT2D eigenvalue weighted by Crippen LogP contribution is 2.38. The number of aromatic nitrogens is 2. The van der Waals surface area contributed by atoms with Gasteiger partial charge in [-0.2, -0.15) is 18.3 Å². The van der Waals surface area contributed by atoms with Crippen molar-refractivity contribution in [3.8, 4) is 0 Å². The van der Waals surface area contributed by atoms with E-state index >= 15 is 0 Å². The van der Waals surface area contributed by atoms with Gasteiger partial charge in [0.15, 0.2) is 9.84 Å². The Morgan fingerprint density at radius 1 is 1.12 bits per heavy atom. The first-order valence-electron chi connectivity index (χ1n) is 10.5. The maximum Gasteiger partial charge on any atom is 0.417 e. The molecule has 2 aromatic carbocycles. The van der Waals surface area contributed by atoms with Crippen LogP contribution in [0, 0.1) is 6.92 Å². The lowest BCUT2D eigenvalue weighted by atomic mass is 10.2. The fourth-order valence-corrected chi connectivity index (χ4v) is 6.18. The third-order valence-corrected chi connectivity index (χ3v) is 8.02. The molecular weight excluding hydrogens is 471 g/mol. The molecule has 0 spiro atoms. The van der Waals surface area contributed by atoms with Crippen LogP contribution in [0.25, 0.3) is 0 Å². The summed E-state index contributed by atoms with van der Waals surface area (Å²) in [4.78, 5) is 12.6. The van der Waals surface area contributed by atoms with Gasteiger partial charge in [0.05, 0.1) is 27.9 Å². The number of carboxylic acid groups (broad SMARTS) is 1. The topological polar surface area (TPSA) is 92.5 Å². The SMILES string of the molecule is Cc1cc(N2CC(S(=O)(=O)c3ccccc3C(F)(F)F)CC2C(=O)O)n(Cc2ccccc2)n1. The van der Waals surface area contributed by atoms with E-state index in [2.05, 4.69) is 5.10 Å². The van der Waals surface area contributed by atoms with E-state index < -0.39 is 43.7 Å². The number of sulfone groups is 1. The van der Waals surface area contributed by atoms with E-state index in [-0.39, 0.29) is 13.0 Å². The molecule has 0 saturated carbocycles. The molecule has 2 heterocycles. The second kappa shape index (κ2) is 8.79. The van der Waals surface area contributed by atoms with Crippen molar-refractivity contribution in [3.05, 3.63) is 77.5 Å². The van der Waals surface area contributed by atoms with Gasteiger partial charge in [0.1, 0.15) is 11.9 Å². The zero-order chi connectivity index (χ0) is 24.7. The summed E-state index contributed by atoms with van der Waals surface area (Å²) in [5, 5.41) is 12.9. The van der Waals surface area contributed by atoms with Crippen LogP contribution in [-0.4, -0.2) is 47.1 Å². The normalized spacial score (nSPS) is 18.9. The standard InChI is InChI=1S/C23H22F3N3O4S/c1-15-11-21(29(27-15)13-16-7-3-2-4-8-16)28-14-17(12-19(28)22(30)31)34(32,33)20-10-6-5-9-18(20)23(24,25)26/h2-11,17,19H,12-14H2,1H3,(H,30,31). The summed E-state index contributed by atoms with van der Waals surface area (Å²) in [5.74, 6) is -0.859. The van der Waals surface area contributed by atoms with Crippen LogP contribution >= 0.6 is 0 Å². The molecule has 3 aromatic rings. The Labute approximate surface area is 194 Å². The van der Waals surface area contributed by atoms with Crippen LogP contribution < -0.4 is 4.90 Å². The average Bonchev–Trinajstić information content (AvgIpc) is 3.38. The number of hydrogen-bond acceptors (Lipinski definition) is 5. The number of nitrogens with zero attached hydrogens (tertiary/aromatic N) is 3. The second-order valence-corrected chi connectivity index (χ2v) is 10.4. The van der Waals surface area contributed by atoms with Crippen LogP contribution in [0.3, 0.4) is 0 Å². The summed E-state index contributed by atoms with van der Waals surface area (Å²) in [6.45, 7) is 1.78. The summed E-state index contributed by atoms with van der Waals surface area (Å²) in [6.07, 6.45) is -5.21. The molecule has 34 heavy (non-hydrogen) atoms. The van der Waals surface area contributed by atoms with Crippen molar-refractivity contribution >= 4 is 21.6 Å². The number of hydrogen-bond donors (Lipinski definition) is 1. The van der Waals surface area contributed by atoms with Crippen molar-refractivity contribution in [2.24, 2.45) is 0 Å². The van der Waals surface area contributed by atoms with Crippen molar-refractivity contribution in [2.45, 2.75) is 42.3 Å². The molecule has 1 aromatic heterocycles. The highest BCUT2D eigenvalue weighted by molar-refractivity contribution is 7.92. The molecule has 1 saturated heterocycles. The Morgan fingerprint density at radius 2 is 1.76 bits per heavy atom. The Kier molecular flexibility index (Phi) is 6.15. The molecule has 0 amide bonds. The summed E-state index contributed by atoms with van der Waals surface area (Å²) < 4.78 is 68.6. The highest BCUT2D eigenvalue weighted by atomic mass is 32.2. The molecule has 0 radical (unpaired) electrons. The summed E-state index contributed by atoms with van der Waals surface area (Å²) in [5.41, 5.74) is 0.246. The van der Waals surface area contributed by atoms with Gasteiger partial charge in [-0.05, 0) is 31.0 Å². The zero-order valence-electron chi connectivity index (χ0n) is 18.1. The van der Waals surface area contributed by atoms with Gasteiger partial charge in [-0.25, -0.2) is 17.9 Å². The number of benzene rings is 2. The minimum Gasteiger partial charge on any atom is -0.480 e. The highest BCUT2D eigenvalue weighted by Gasteiger charge is 2.47. The number of halogens is 3. The van der Waals surface area contributed by atoms with Crippen LogP contribution in [-0.2, 0) is 27.4 Å². The molecule has 1 fully saturated rings. The predicted molar refractivity (Wildman–Crippen MR) is 118 cm³/mol. The quantitative estimate of drug-likeness (QED) is 0.562. The van der Waals surface area contributed by atoms with Gasteiger partial charge in [0.2, 0.25) is 0 Å². The fourth-order valence-electron chi connectivity index (χ4n) is 4.27. The molecular formula is C23H22F3N3O4S. The lowest BCUT2D eigenvalue weighted by molar-refractivity contribution is -0.140. The average molecular weight is 494 g/mol. The van der Waals surface area contributed by atoms with Crippen molar-refractivity contribution in [2.75, 3.05) is 11.4 Å². The Hall–Kier alpha value is -3.34. The number of aryl methyl sites for hydroxylation is 1. The molecule has 1 N–H and O–H groups in total. The zero-order valence-corrected chi connectivity index (χ0v) is 18.9. The van der Waals surface area contributed by atoms with E-state index in [1.165, 1.54) is 11.0 Å². The lowest BCUT2D eigenvalue weighted by Gasteiger charge is -2.24. The summed E-state index contributed by atoms with van der Waals surface area (Å²) in [7, 11) is -4.48. The molecule has 2 atom stereocenters. The van der Waals surface area contributed by atoms with Gasteiger partial charge in [-0.1, -0.05) is 42.5 Å². The fraction of sp³-hybridized carbons (Fsp3) is 0.304. The van der Waals surface area contributed by atoms with Crippen LogP contribution in [0.5, 0.6) is 0 Å². The first kappa shape index (κ1) is 23.8. The largest absolute Gasteiger partial charge is 0.480 e. The van der Waals surface area contributed by atoms with Crippen LogP contribution in [0.2, 0.25) is 0 Å². The number of carboxylic acids is 1. The first-order chi connectivity index (χ1) is 16.0. The smallest absolute Gasteiger partial charge is 0.417 e. The Morgan fingerprint density at radius 3 is 2.41 bits per heavy atom. The van der Waals surface area contributed by atoms with Crippen molar-refractivity contribution in [1.29, 1.82) is 0 Å². The Balaban J connectivity index is 1.71. The minimum atomic E-state index is -4.86. The molecule has 2 unspecified atom stereocenters. The number of aliphatic carboxylic acids is 1. The van der Waals surface area contributed by atoms with Gasteiger partial charge in [-0.3, -0.25) is 0 Å². The molecule has 1 aliphatic heterocycles. The maximum atomic E-state index is 13.5. The molecule has 0 bridgehead atoms. The number of rotatable bonds is 6. The molecule has 7 nitrogen and oxygen atoms in total. The van der Waals surface area contributed by atoms with Crippen LogP contribution in [0.4, 0.5) is 19.0 Å². The Bertz CT molecular complexity index is 1310. The molecule has 180 valence electrons. The van der Waals surface area contributed by atoms with E-state index in [9.17, 15) is 31.5 Å². The first-order valence-corrected chi connectivity index (χ1v) is 12.0. The summed E-state index contributed by atoms with van der Waals surface area (Å²) >= 11 is 0. The van der Waals surface area contributed by atoms with E-state index in [0.29, 0.717) is 24.1 Å². The molecule has 1 aliphatic rings. The van der Waals surface area contributed by atoms with Gasteiger partial charge in [-0.15, -0.1) is 0 Å². The summed E-state index contributed by atoms with van der Waals surface area (Å²) in [6, 6.07) is 13.7. The molecule has 4 rings (SSSR count). The lowest BCUT2D eigenvalue weighted by Crippen LogP contribution is -2.37. The van der Waals surface area contributed by atoms with Gasteiger partial charge in [0, 0.05) is 12.6 Å². The number of carbonyl (C=O) groups is 1. The number of alkyl halides is 3. The third kappa shape index (κ3) is 4.52. The minimum absolute atomic E-state index is 0.272. The van der Waals surface area contributed by atoms with E-state index in [1.54, 1.807) is 17.7 Å². The van der Waals surface area contributed by atoms with Crippen LogP contribution in [0.15, 0.2) is 65.6 Å². The second-order valence-electron chi connectivity index (χ2n) is 8.19. The van der Waals surface area contributed by atoms with Crippen LogP contribution in [0.1, 0.15) is 23.2 Å². The van der Waals surface area contributed by atoms with E-state index in [4.69, 9.17) is 0 Å². The third-order valence-electron chi connectivity index (χ3n) is 5.84. The van der Waals surface area contributed by atoms with E-state index in [0.717, 1.165) is 17.7 Å². The monoisotopic (exact) mass is 493 g/mol. The van der Waals surface area contributed by atoms with Crippen molar-refractivity contribution in [1.82, 2.24) is 9.78 Å². The predicted octanol–water partition coefficient (Wildman–Crippen LogP) is 3.76. The maximum absolute atomic E-state index is 13.5. The number of anilines is 1. The molecule has 11 heteroatoms. The molecule has 0 aliphatic carbocycles. The van der Waals surface area contributed by atoms with Gasteiger partial charge in [0.25, 0.3) is 0 Å².